The Labute approximate surface area is 203 Å². The van der Waals surface area contributed by atoms with Crippen molar-refractivity contribution in [1.82, 2.24) is 0 Å². The molecule has 0 fully saturated rings. The van der Waals surface area contributed by atoms with E-state index in [2.05, 4.69) is 0 Å². The summed E-state index contributed by atoms with van der Waals surface area (Å²) in [6.07, 6.45) is -0.806. The molecule has 4 aromatic rings. The Morgan fingerprint density at radius 1 is 0.429 bits per heavy atom. The SMILES string of the molecule is Nc1ccc(-c2ccc(N)cc2)cc1.Nc1ccc(-c2ccc(N)cc2)cc1.O=C(O)CC(=O)O. The van der Waals surface area contributed by atoms with E-state index >= 15 is 0 Å². The normalized spacial score (nSPS) is 9.60. The van der Waals surface area contributed by atoms with Crippen molar-refractivity contribution in [3.63, 3.8) is 0 Å². The molecule has 0 spiro atoms. The third kappa shape index (κ3) is 9.58. The van der Waals surface area contributed by atoms with E-state index in [1.165, 1.54) is 0 Å². The average molecular weight is 473 g/mol. The van der Waals surface area contributed by atoms with Gasteiger partial charge in [-0.1, -0.05) is 48.5 Å². The fourth-order valence-corrected chi connectivity index (χ4v) is 2.83. The van der Waals surface area contributed by atoms with Crippen molar-refractivity contribution in [2.45, 2.75) is 6.42 Å². The Morgan fingerprint density at radius 2 is 0.600 bits per heavy atom. The van der Waals surface area contributed by atoms with Crippen LogP contribution in [0.5, 0.6) is 0 Å². The third-order valence-corrected chi connectivity index (χ3v) is 4.61. The van der Waals surface area contributed by atoms with Gasteiger partial charge in [-0.2, -0.15) is 0 Å². The fraction of sp³-hybridized carbons (Fsp3) is 0.0370. The minimum Gasteiger partial charge on any atom is -0.481 e. The van der Waals surface area contributed by atoms with Gasteiger partial charge in [0.2, 0.25) is 0 Å². The fourth-order valence-electron chi connectivity index (χ4n) is 2.83. The summed E-state index contributed by atoms with van der Waals surface area (Å²) < 4.78 is 0. The predicted molar refractivity (Wildman–Crippen MR) is 141 cm³/mol. The Hall–Kier alpha value is -4.98. The number of hydrogen-bond donors (Lipinski definition) is 6. The molecule has 180 valence electrons. The van der Waals surface area contributed by atoms with Gasteiger partial charge in [0, 0.05) is 22.7 Å². The largest absolute Gasteiger partial charge is 0.481 e. The van der Waals surface area contributed by atoms with Crippen molar-refractivity contribution in [3.05, 3.63) is 97.1 Å². The molecule has 0 atom stereocenters. The van der Waals surface area contributed by atoms with Crippen molar-refractivity contribution in [2.75, 3.05) is 22.9 Å². The van der Waals surface area contributed by atoms with Gasteiger partial charge in [-0.3, -0.25) is 9.59 Å². The van der Waals surface area contributed by atoms with E-state index in [-0.39, 0.29) is 0 Å². The highest BCUT2D eigenvalue weighted by Gasteiger charge is 2.01. The number of nitrogen functional groups attached to an aromatic ring is 4. The molecule has 0 saturated heterocycles. The second kappa shape index (κ2) is 12.9. The molecule has 0 aliphatic rings. The summed E-state index contributed by atoms with van der Waals surface area (Å²) in [5, 5.41) is 15.4. The van der Waals surface area contributed by atoms with Crippen LogP contribution in [0.2, 0.25) is 0 Å². The van der Waals surface area contributed by atoms with E-state index in [1.54, 1.807) is 0 Å². The molecule has 35 heavy (non-hydrogen) atoms. The van der Waals surface area contributed by atoms with Gasteiger partial charge in [0.15, 0.2) is 0 Å². The summed E-state index contributed by atoms with van der Waals surface area (Å²) in [6, 6.07) is 31.2. The number of carboxylic acid groups (broad SMARTS) is 2. The highest BCUT2D eigenvalue weighted by Crippen LogP contribution is 2.22. The zero-order chi connectivity index (χ0) is 25.8. The number of carbonyl (C=O) groups is 2. The van der Waals surface area contributed by atoms with Crippen molar-refractivity contribution in [2.24, 2.45) is 0 Å². The molecular formula is C27H28N4O4. The molecule has 0 bridgehead atoms. The topological polar surface area (TPSA) is 179 Å². The molecule has 8 heteroatoms. The monoisotopic (exact) mass is 472 g/mol. The smallest absolute Gasteiger partial charge is 0.314 e. The molecule has 0 radical (unpaired) electrons. The van der Waals surface area contributed by atoms with Crippen LogP contribution in [0.1, 0.15) is 6.42 Å². The molecule has 0 amide bonds. The maximum Gasteiger partial charge on any atom is 0.314 e. The summed E-state index contributed by atoms with van der Waals surface area (Å²) in [4.78, 5) is 18.9. The Morgan fingerprint density at radius 3 is 0.714 bits per heavy atom. The minimum absolute atomic E-state index is 0.782. The standard InChI is InChI=1S/2C12H12N2.C3H4O4/c2*13-11-5-1-9(2-6-11)10-3-7-12(14)8-4-10;4-2(5)1-3(6)7/h2*1-8H,13-14H2;1H2,(H,4,5)(H,6,7). The number of carboxylic acids is 2. The lowest BCUT2D eigenvalue weighted by molar-refractivity contribution is -0.147. The van der Waals surface area contributed by atoms with Crippen molar-refractivity contribution in [1.29, 1.82) is 0 Å². The molecule has 4 aromatic carbocycles. The van der Waals surface area contributed by atoms with Crippen LogP contribution < -0.4 is 22.9 Å². The van der Waals surface area contributed by atoms with Crippen LogP contribution in [-0.4, -0.2) is 22.2 Å². The summed E-state index contributed by atoms with van der Waals surface area (Å²) in [5.74, 6) is -2.62. The molecule has 0 unspecified atom stereocenters. The van der Waals surface area contributed by atoms with Crippen LogP contribution in [0.25, 0.3) is 22.3 Å². The third-order valence-electron chi connectivity index (χ3n) is 4.61. The minimum atomic E-state index is -1.31. The lowest BCUT2D eigenvalue weighted by Crippen LogP contribution is -2.03. The highest BCUT2D eigenvalue weighted by atomic mass is 16.4. The van der Waals surface area contributed by atoms with Crippen LogP contribution in [0.3, 0.4) is 0 Å². The van der Waals surface area contributed by atoms with Crippen LogP contribution in [0, 0.1) is 0 Å². The molecule has 8 nitrogen and oxygen atoms in total. The van der Waals surface area contributed by atoms with Crippen LogP contribution in [-0.2, 0) is 9.59 Å². The molecule has 0 saturated carbocycles. The number of hydrogen-bond acceptors (Lipinski definition) is 6. The van der Waals surface area contributed by atoms with E-state index in [4.69, 9.17) is 33.1 Å². The van der Waals surface area contributed by atoms with Gasteiger partial charge in [0.25, 0.3) is 0 Å². The molecule has 10 N–H and O–H groups in total. The van der Waals surface area contributed by atoms with Crippen molar-refractivity contribution in [3.8, 4) is 22.3 Å². The summed E-state index contributed by atoms with van der Waals surface area (Å²) in [5.41, 5.74) is 30.2. The number of nitrogens with two attached hydrogens (primary N) is 4. The first-order valence-corrected chi connectivity index (χ1v) is 10.5. The lowest BCUT2D eigenvalue weighted by atomic mass is 10.1. The van der Waals surface area contributed by atoms with Gasteiger partial charge in [-0.15, -0.1) is 0 Å². The first-order chi connectivity index (χ1) is 16.6. The Bertz CT molecular complexity index is 1040. The van der Waals surface area contributed by atoms with Crippen molar-refractivity contribution < 1.29 is 19.8 Å². The number of benzene rings is 4. The van der Waals surface area contributed by atoms with Gasteiger partial charge >= 0.3 is 11.9 Å². The van der Waals surface area contributed by atoms with Gasteiger partial charge in [0.05, 0.1) is 0 Å². The lowest BCUT2D eigenvalue weighted by Gasteiger charge is -2.02. The number of rotatable bonds is 4. The van der Waals surface area contributed by atoms with Crippen LogP contribution >= 0.6 is 0 Å². The number of anilines is 4. The second-order valence-electron chi connectivity index (χ2n) is 7.45. The van der Waals surface area contributed by atoms with Crippen LogP contribution in [0.15, 0.2) is 97.1 Å². The zero-order valence-corrected chi connectivity index (χ0v) is 19.0. The molecule has 4 rings (SSSR count). The van der Waals surface area contributed by atoms with Gasteiger partial charge < -0.3 is 33.1 Å². The van der Waals surface area contributed by atoms with E-state index in [1.807, 2.05) is 97.1 Å². The van der Waals surface area contributed by atoms with Gasteiger partial charge in [-0.05, 0) is 70.8 Å². The molecule has 0 aliphatic heterocycles. The van der Waals surface area contributed by atoms with E-state index < -0.39 is 18.4 Å². The second-order valence-corrected chi connectivity index (χ2v) is 7.45. The molecule has 0 aromatic heterocycles. The zero-order valence-electron chi connectivity index (χ0n) is 19.0. The summed E-state index contributed by atoms with van der Waals surface area (Å²) >= 11 is 0. The van der Waals surface area contributed by atoms with Crippen LogP contribution in [0.4, 0.5) is 22.7 Å². The maximum atomic E-state index is 9.43. The summed E-state index contributed by atoms with van der Waals surface area (Å²) in [6.45, 7) is 0. The van der Waals surface area contributed by atoms with E-state index in [9.17, 15) is 9.59 Å². The predicted octanol–water partition coefficient (Wildman–Crippen LogP) is 4.58. The van der Waals surface area contributed by atoms with E-state index in [0.29, 0.717) is 0 Å². The first-order valence-electron chi connectivity index (χ1n) is 10.5. The van der Waals surface area contributed by atoms with Gasteiger partial charge in [-0.25, -0.2) is 0 Å². The number of aliphatic carboxylic acids is 2. The highest BCUT2D eigenvalue weighted by molar-refractivity contribution is 5.88. The Balaban J connectivity index is 0.000000197. The summed E-state index contributed by atoms with van der Waals surface area (Å²) in [7, 11) is 0. The Kier molecular flexibility index (Phi) is 9.69. The molecule has 0 heterocycles. The molecule has 0 aliphatic carbocycles. The average Bonchev–Trinajstić information content (AvgIpc) is 2.81. The van der Waals surface area contributed by atoms with E-state index in [0.717, 1.165) is 45.0 Å². The quantitative estimate of drug-likeness (QED) is 0.184. The van der Waals surface area contributed by atoms with Crippen molar-refractivity contribution >= 4 is 34.7 Å². The maximum absolute atomic E-state index is 9.43. The molecular weight excluding hydrogens is 444 g/mol. The van der Waals surface area contributed by atoms with Gasteiger partial charge in [0.1, 0.15) is 6.42 Å². The first kappa shape index (κ1) is 26.3.